The van der Waals surface area contributed by atoms with Crippen LogP contribution >= 0.6 is 0 Å². The molecule has 0 fully saturated rings. The average Bonchev–Trinajstić information content (AvgIpc) is 2.67. The van der Waals surface area contributed by atoms with E-state index in [1.165, 1.54) is 20.1 Å². The van der Waals surface area contributed by atoms with Gasteiger partial charge in [0.05, 0.1) is 18.5 Å². The number of methoxy groups -OCH3 is 1. The lowest BCUT2D eigenvalue weighted by Crippen LogP contribution is -2.06. The summed E-state index contributed by atoms with van der Waals surface area (Å²) in [5, 5.41) is 10.5. The summed E-state index contributed by atoms with van der Waals surface area (Å²) in [6, 6.07) is 13.5. The number of Topliss-reactive ketones (excluding diaryl/α,β-unsaturated/α-hetero) is 1. The van der Waals surface area contributed by atoms with Gasteiger partial charge in [0.1, 0.15) is 17.0 Å². The number of phenols is 1. The van der Waals surface area contributed by atoms with Gasteiger partial charge in [0.2, 0.25) is 0 Å². The van der Waals surface area contributed by atoms with Crippen molar-refractivity contribution in [2.24, 2.45) is 0 Å². The molecule has 3 aromatic rings. The Morgan fingerprint density at radius 1 is 1.04 bits per heavy atom. The molecule has 0 aliphatic carbocycles. The van der Waals surface area contributed by atoms with Crippen LogP contribution < -0.4 is 0 Å². The van der Waals surface area contributed by atoms with Crippen molar-refractivity contribution < 1.29 is 19.4 Å². The highest BCUT2D eigenvalue weighted by Crippen LogP contribution is 2.35. The van der Waals surface area contributed by atoms with Crippen LogP contribution in [0.5, 0.6) is 5.75 Å². The molecule has 6 heteroatoms. The Balaban J connectivity index is 2.27. The predicted molar refractivity (Wildman–Crippen MR) is 95.9 cm³/mol. The second-order valence-corrected chi connectivity index (χ2v) is 5.59. The summed E-state index contributed by atoms with van der Waals surface area (Å²) in [6.07, 6.45) is 1.63. The van der Waals surface area contributed by atoms with Gasteiger partial charge in [-0.3, -0.25) is 9.78 Å². The van der Waals surface area contributed by atoms with Gasteiger partial charge in [-0.25, -0.2) is 9.78 Å². The number of hydrogen-bond acceptors (Lipinski definition) is 6. The van der Waals surface area contributed by atoms with E-state index in [4.69, 9.17) is 4.74 Å². The summed E-state index contributed by atoms with van der Waals surface area (Å²) >= 11 is 0. The molecule has 0 saturated carbocycles. The van der Waals surface area contributed by atoms with E-state index < -0.39 is 5.97 Å². The Labute approximate surface area is 150 Å². The highest BCUT2D eigenvalue weighted by molar-refractivity contribution is 6.01. The summed E-state index contributed by atoms with van der Waals surface area (Å²) in [7, 11) is 1.23. The minimum absolute atomic E-state index is 0.0135. The van der Waals surface area contributed by atoms with Crippen LogP contribution in [0.4, 0.5) is 0 Å². The van der Waals surface area contributed by atoms with Crippen LogP contribution in [0.25, 0.3) is 22.5 Å². The number of carbonyl (C=O) groups excluding carboxylic acids is 2. The third-order valence-corrected chi connectivity index (χ3v) is 3.85. The van der Waals surface area contributed by atoms with Crippen LogP contribution in [0.15, 0.2) is 54.7 Å². The van der Waals surface area contributed by atoms with Crippen molar-refractivity contribution in [3.05, 3.63) is 66.0 Å². The maximum Gasteiger partial charge on any atom is 0.342 e. The number of aromatic nitrogens is 2. The number of esters is 1. The van der Waals surface area contributed by atoms with E-state index in [0.29, 0.717) is 22.5 Å². The minimum Gasteiger partial charge on any atom is -0.507 e. The largest absolute Gasteiger partial charge is 0.507 e. The lowest BCUT2D eigenvalue weighted by atomic mass is 9.97. The maximum absolute atomic E-state index is 12.2. The third kappa shape index (κ3) is 3.30. The van der Waals surface area contributed by atoms with Gasteiger partial charge in [-0.15, -0.1) is 0 Å². The quantitative estimate of drug-likeness (QED) is 0.573. The van der Waals surface area contributed by atoms with Crippen molar-refractivity contribution in [2.75, 3.05) is 7.11 Å². The number of pyridine rings is 2. The molecule has 0 aliphatic heterocycles. The zero-order valence-electron chi connectivity index (χ0n) is 14.3. The summed E-state index contributed by atoms with van der Waals surface area (Å²) in [5.74, 6) is -1.14. The number of hydrogen-bond donors (Lipinski definition) is 1. The third-order valence-electron chi connectivity index (χ3n) is 3.85. The van der Waals surface area contributed by atoms with E-state index in [1.807, 2.05) is 6.07 Å². The Morgan fingerprint density at radius 3 is 2.46 bits per heavy atom. The molecule has 0 bridgehead atoms. The van der Waals surface area contributed by atoms with Crippen LogP contribution in [0.2, 0.25) is 0 Å². The van der Waals surface area contributed by atoms with Gasteiger partial charge in [-0.2, -0.15) is 0 Å². The van der Waals surface area contributed by atoms with E-state index in [1.54, 1.807) is 42.6 Å². The molecule has 3 rings (SSSR count). The first-order chi connectivity index (χ1) is 12.5. The van der Waals surface area contributed by atoms with Crippen LogP contribution in [0, 0.1) is 0 Å². The number of aromatic hydroxyl groups is 1. The first kappa shape index (κ1) is 17.3. The van der Waals surface area contributed by atoms with E-state index in [9.17, 15) is 14.7 Å². The first-order valence-corrected chi connectivity index (χ1v) is 7.86. The van der Waals surface area contributed by atoms with E-state index in [-0.39, 0.29) is 22.8 Å². The lowest BCUT2D eigenvalue weighted by Gasteiger charge is -2.13. The Kier molecular flexibility index (Phi) is 4.75. The molecule has 1 aromatic carbocycles. The highest BCUT2D eigenvalue weighted by atomic mass is 16.5. The zero-order valence-corrected chi connectivity index (χ0v) is 14.3. The van der Waals surface area contributed by atoms with Crippen LogP contribution in [-0.4, -0.2) is 33.9 Å². The SMILES string of the molecule is COC(=O)c1c(O)cc(-c2ccccn2)cc1-c1cccc(C(C)=O)n1. The lowest BCUT2D eigenvalue weighted by molar-refractivity contribution is 0.0598. The van der Waals surface area contributed by atoms with Crippen molar-refractivity contribution in [3.63, 3.8) is 0 Å². The molecule has 130 valence electrons. The smallest absolute Gasteiger partial charge is 0.342 e. The second kappa shape index (κ2) is 7.14. The number of benzene rings is 1. The standard InChI is InChI=1S/C20H16N2O4/c1-12(23)15-7-5-8-17(22-15)14-10-13(16-6-3-4-9-21-16)11-18(24)19(14)20(25)26-2/h3-11,24H,1-2H3. The highest BCUT2D eigenvalue weighted by Gasteiger charge is 2.21. The number of rotatable bonds is 4. The molecule has 0 saturated heterocycles. The van der Waals surface area contributed by atoms with Crippen LogP contribution in [-0.2, 0) is 4.74 Å². The van der Waals surface area contributed by atoms with Crippen molar-refractivity contribution in [2.45, 2.75) is 6.92 Å². The van der Waals surface area contributed by atoms with Crippen molar-refractivity contribution in [1.29, 1.82) is 0 Å². The van der Waals surface area contributed by atoms with Gasteiger partial charge >= 0.3 is 5.97 Å². The van der Waals surface area contributed by atoms with Crippen LogP contribution in [0.1, 0.15) is 27.8 Å². The van der Waals surface area contributed by atoms with Crippen molar-refractivity contribution in [3.8, 4) is 28.3 Å². The van der Waals surface area contributed by atoms with Gasteiger partial charge in [0.25, 0.3) is 0 Å². The molecule has 0 radical (unpaired) electrons. The number of nitrogens with zero attached hydrogens (tertiary/aromatic N) is 2. The molecule has 26 heavy (non-hydrogen) atoms. The molecule has 0 unspecified atom stereocenters. The number of carbonyl (C=O) groups is 2. The average molecular weight is 348 g/mol. The van der Waals surface area contributed by atoms with Gasteiger partial charge in [-0.05, 0) is 36.4 Å². The summed E-state index contributed by atoms with van der Waals surface area (Å²) < 4.78 is 4.79. The fourth-order valence-corrected chi connectivity index (χ4v) is 2.61. The second-order valence-electron chi connectivity index (χ2n) is 5.59. The topological polar surface area (TPSA) is 89.4 Å². The maximum atomic E-state index is 12.2. The molecule has 6 nitrogen and oxygen atoms in total. The summed E-state index contributed by atoms with van der Waals surface area (Å²) in [5.41, 5.74) is 2.23. The molecule has 2 aromatic heterocycles. The van der Waals surface area contributed by atoms with E-state index in [0.717, 1.165) is 0 Å². The monoisotopic (exact) mass is 348 g/mol. The zero-order chi connectivity index (χ0) is 18.7. The molecule has 1 N–H and O–H groups in total. The Hall–Kier alpha value is -3.54. The normalized spacial score (nSPS) is 10.4. The molecule has 2 heterocycles. The van der Waals surface area contributed by atoms with E-state index >= 15 is 0 Å². The molecule has 0 aliphatic rings. The molecule has 0 amide bonds. The van der Waals surface area contributed by atoms with Gasteiger partial charge in [-0.1, -0.05) is 12.1 Å². The summed E-state index contributed by atoms with van der Waals surface area (Å²) in [6.45, 7) is 1.41. The van der Waals surface area contributed by atoms with Gasteiger partial charge in [0, 0.05) is 24.2 Å². The Bertz CT molecular complexity index is 984. The number of phenolic OH excluding ortho intramolecular Hbond substituents is 1. The van der Waals surface area contributed by atoms with Crippen molar-refractivity contribution in [1.82, 2.24) is 9.97 Å². The van der Waals surface area contributed by atoms with E-state index in [2.05, 4.69) is 9.97 Å². The fraction of sp³-hybridized carbons (Fsp3) is 0.100. The van der Waals surface area contributed by atoms with Crippen molar-refractivity contribution >= 4 is 11.8 Å². The fourth-order valence-electron chi connectivity index (χ4n) is 2.61. The molecule has 0 spiro atoms. The Morgan fingerprint density at radius 2 is 1.81 bits per heavy atom. The van der Waals surface area contributed by atoms with Gasteiger partial charge in [0.15, 0.2) is 5.78 Å². The molecular weight excluding hydrogens is 332 g/mol. The minimum atomic E-state index is -0.694. The molecule has 0 atom stereocenters. The first-order valence-electron chi connectivity index (χ1n) is 7.86. The molecular formula is C20H16N2O4. The summed E-state index contributed by atoms with van der Waals surface area (Å²) in [4.78, 5) is 32.4. The number of ketones is 1. The predicted octanol–water partition coefficient (Wildman–Crippen LogP) is 3.51. The number of ether oxygens (including phenoxy) is 1. The van der Waals surface area contributed by atoms with Crippen LogP contribution in [0.3, 0.4) is 0 Å². The van der Waals surface area contributed by atoms with Gasteiger partial charge < -0.3 is 9.84 Å².